The molecule has 1 aromatic heterocycles. The fourth-order valence-corrected chi connectivity index (χ4v) is 1.16. The average Bonchev–Trinajstić information content (AvgIpc) is 2.51. The highest BCUT2D eigenvalue weighted by molar-refractivity contribution is 7.98. The lowest BCUT2D eigenvalue weighted by Crippen LogP contribution is -1.92. The van der Waals surface area contributed by atoms with Crippen molar-refractivity contribution in [2.45, 2.75) is 12.2 Å². The second kappa shape index (κ2) is 3.67. The molecule has 0 saturated heterocycles. The SMILES string of the molecule is CS[C@H](C)c1ccc(C(=O)O)o1. The molecule has 0 spiro atoms. The summed E-state index contributed by atoms with van der Waals surface area (Å²) in [7, 11) is 0. The highest BCUT2D eigenvalue weighted by atomic mass is 32.2. The molecule has 0 aromatic carbocycles. The molecule has 0 unspecified atom stereocenters. The van der Waals surface area contributed by atoms with E-state index in [1.54, 1.807) is 17.8 Å². The summed E-state index contributed by atoms with van der Waals surface area (Å²) in [6.07, 6.45) is 1.95. The summed E-state index contributed by atoms with van der Waals surface area (Å²) in [5, 5.41) is 8.76. The number of hydrogen-bond donors (Lipinski definition) is 1. The van der Waals surface area contributed by atoms with Gasteiger partial charge in [0.05, 0.1) is 5.25 Å². The monoisotopic (exact) mass is 186 g/mol. The van der Waals surface area contributed by atoms with Crippen molar-refractivity contribution >= 4 is 17.7 Å². The van der Waals surface area contributed by atoms with Gasteiger partial charge in [0.15, 0.2) is 0 Å². The van der Waals surface area contributed by atoms with Crippen molar-refractivity contribution in [1.82, 2.24) is 0 Å². The number of aromatic carboxylic acids is 1. The molecule has 0 aliphatic rings. The van der Waals surface area contributed by atoms with Crippen LogP contribution in [0.2, 0.25) is 0 Å². The van der Waals surface area contributed by atoms with Crippen molar-refractivity contribution in [2.24, 2.45) is 0 Å². The largest absolute Gasteiger partial charge is 0.475 e. The minimum absolute atomic E-state index is 0.00546. The summed E-state index contributed by atoms with van der Waals surface area (Å²) in [6.45, 7) is 1.97. The lowest BCUT2D eigenvalue weighted by Gasteiger charge is -2.01. The minimum Gasteiger partial charge on any atom is -0.475 e. The van der Waals surface area contributed by atoms with Crippen LogP contribution in [0.25, 0.3) is 0 Å². The van der Waals surface area contributed by atoms with Gasteiger partial charge in [0.25, 0.3) is 0 Å². The van der Waals surface area contributed by atoms with Gasteiger partial charge in [-0.15, -0.1) is 0 Å². The number of hydrogen-bond acceptors (Lipinski definition) is 3. The first-order chi connectivity index (χ1) is 5.65. The maximum absolute atomic E-state index is 10.4. The first kappa shape index (κ1) is 9.19. The van der Waals surface area contributed by atoms with E-state index < -0.39 is 5.97 Å². The fraction of sp³-hybridized carbons (Fsp3) is 0.375. The van der Waals surface area contributed by atoms with Gasteiger partial charge in [-0.2, -0.15) is 11.8 Å². The molecular weight excluding hydrogens is 176 g/mol. The predicted octanol–water partition coefficient (Wildman–Crippen LogP) is 2.40. The van der Waals surface area contributed by atoms with Gasteiger partial charge in [0.1, 0.15) is 5.76 Å². The van der Waals surface area contributed by atoms with Crippen LogP contribution in [0.3, 0.4) is 0 Å². The standard InChI is InChI=1S/C8H10O3S/c1-5(12-2)6-3-4-7(11-6)8(9)10/h3-5H,1-2H3,(H,9,10)/t5-/m1/s1. The Balaban J connectivity index is 2.84. The van der Waals surface area contributed by atoms with Crippen LogP contribution in [-0.2, 0) is 0 Å². The van der Waals surface area contributed by atoms with Crippen LogP contribution in [0.1, 0.15) is 28.5 Å². The van der Waals surface area contributed by atoms with Crippen molar-refractivity contribution in [3.05, 3.63) is 23.7 Å². The zero-order valence-corrected chi connectivity index (χ0v) is 7.72. The van der Waals surface area contributed by atoms with Gasteiger partial charge in [-0.1, -0.05) is 0 Å². The molecule has 1 atom stereocenters. The Kier molecular flexibility index (Phi) is 2.81. The van der Waals surface area contributed by atoms with Gasteiger partial charge in [0, 0.05) is 0 Å². The predicted molar refractivity (Wildman–Crippen MR) is 47.6 cm³/mol. The van der Waals surface area contributed by atoms with Crippen LogP contribution in [-0.4, -0.2) is 17.3 Å². The van der Waals surface area contributed by atoms with Gasteiger partial charge in [-0.05, 0) is 25.3 Å². The van der Waals surface area contributed by atoms with Crippen LogP contribution in [0.15, 0.2) is 16.5 Å². The van der Waals surface area contributed by atoms with E-state index in [1.165, 1.54) is 6.07 Å². The molecule has 1 N–H and O–H groups in total. The molecule has 66 valence electrons. The molecule has 0 aliphatic carbocycles. The molecule has 0 amide bonds. The van der Waals surface area contributed by atoms with E-state index in [-0.39, 0.29) is 11.0 Å². The average molecular weight is 186 g/mol. The smallest absolute Gasteiger partial charge is 0.371 e. The topological polar surface area (TPSA) is 50.4 Å². The lowest BCUT2D eigenvalue weighted by molar-refractivity contribution is 0.0660. The lowest BCUT2D eigenvalue weighted by atomic mass is 10.3. The number of furan rings is 1. The van der Waals surface area contributed by atoms with Gasteiger partial charge in [-0.25, -0.2) is 4.79 Å². The van der Waals surface area contributed by atoms with Crippen LogP contribution < -0.4 is 0 Å². The third kappa shape index (κ3) is 1.82. The van der Waals surface area contributed by atoms with Crippen molar-refractivity contribution in [1.29, 1.82) is 0 Å². The number of thioether (sulfide) groups is 1. The van der Waals surface area contributed by atoms with E-state index in [0.717, 1.165) is 0 Å². The summed E-state index contributed by atoms with van der Waals surface area (Å²) in [5.41, 5.74) is 0. The van der Waals surface area contributed by atoms with Gasteiger partial charge < -0.3 is 9.52 Å². The molecule has 0 fully saturated rings. The fourth-order valence-electron chi connectivity index (χ4n) is 0.802. The third-order valence-corrected chi connectivity index (χ3v) is 2.53. The highest BCUT2D eigenvalue weighted by Gasteiger charge is 2.12. The van der Waals surface area contributed by atoms with Crippen molar-refractivity contribution in [3.63, 3.8) is 0 Å². The van der Waals surface area contributed by atoms with Crippen LogP contribution in [0, 0.1) is 0 Å². The summed E-state index contributed by atoms with van der Waals surface area (Å²) >= 11 is 1.62. The first-order valence-corrected chi connectivity index (χ1v) is 4.79. The Morgan fingerprint density at radius 2 is 2.33 bits per heavy atom. The molecular formula is C8H10O3S. The second-order valence-electron chi connectivity index (χ2n) is 2.39. The van der Waals surface area contributed by atoms with Gasteiger partial charge in [0.2, 0.25) is 5.76 Å². The Hall–Kier alpha value is -0.900. The molecule has 12 heavy (non-hydrogen) atoms. The van der Waals surface area contributed by atoms with Crippen molar-refractivity contribution in [2.75, 3.05) is 6.26 Å². The minimum atomic E-state index is -1.02. The molecule has 3 nitrogen and oxygen atoms in total. The second-order valence-corrected chi connectivity index (χ2v) is 3.56. The number of carbonyl (C=O) groups is 1. The molecule has 0 saturated carbocycles. The summed E-state index contributed by atoms with van der Waals surface area (Å²) in [4.78, 5) is 10.4. The van der Waals surface area contributed by atoms with E-state index in [4.69, 9.17) is 9.52 Å². The van der Waals surface area contributed by atoms with E-state index in [2.05, 4.69) is 0 Å². The molecule has 0 bridgehead atoms. The van der Waals surface area contributed by atoms with Crippen LogP contribution in [0.4, 0.5) is 0 Å². The molecule has 0 radical (unpaired) electrons. The maximum Gasteiger partial charge on any atom is 0.371 e. The van der Waals surface area contributed by atoms with E-state index in [1.807, 2.05) is 13.2 Å². The summed E-state index contributed by atoms with van der Waals surface area (Å²) in [5.74, 6) is -0.305. The summed E-state index contributed by atoms with van der Waals surface area (Å²) < 4.78 is 5.08. The maximum atomic E-state index is 10.4. The molecule has 1 heterocycles. The first-order valence-electron chi connectivity index (χ1n) is 3.51. The van der Waals surface area contributed by atoms with E-state index in [0.29, 0.717) is 5.76 Å². The normalized spacial score (nSPS) is 12.8. The third-order valence-electron chi connectivity index (χ3n) is 1.59. The number of carboxylic acids is 1. The zero-order valence-electron chi connectivity index (χ0n) is 6.90. The molecule has 1 aromatic rings. The Bertz CT molecular complexity index is 280. The van der Waals surface area contributed by atoms with E-state index >= 15 is 0 Å². The number of rotatable bonds is 3. The summed E-state index contributed by atoms with van der Waals surface area (Å²) in [6, 6.07) is 3.18. The molecule has 4 heteroatoms. The van der Waals surface area contributed by atoms with Gasteiger partial charge >= 0.3 is 5.97 Å². The molecule has 1 rings (SSSR count). The Morgan fingerprint density at radius 3 is 2.75 bits per heavy atom. The van der Waals surface area contributed by atoms with Crippen molar-refractivity contribution in [3.8, 4) is 0 Å². The zero-order chi connectivity index (χ0) is 9.14. The van der Waals surface area contributed by atoms with Crippen LogP contribution >= 0.6 is 11.8 Å². The highest BCUT2D eigenvalue weighted by Crippen LogP contribution is 2.26. The van der Waals surface area contributed by atoms with Crippen molar-refractivity contribution < 1.29 is 14.3 Å². The van der Waals surface area contributed by atoms with E-state index in [9.17, 15) is 4.79 Å². The molecule has 0 aliphatic heterocycles. The quantitative estimate of drug-likeness (QED) is 0.787. The Labute approximate surface area is 74.8 Å². The van der Waals surface area contributed by atoms with Gasteiger partial charge in [-0.3, -0.25) is 0 Å². The Morgan fingerprint density at radius 1 is 1.67 bits per heavy atom. The van der Waals surface area contributed by atoms with Crippen LogP contribution in [0.5, 0.6) is 0 Å². The number of carboxylic acid groups (broad SMARTS) is 1.